The van der Waals surface area contributed by atoms with Gasteiger partial charge in [-0.2, -0.15) is 11.8 Å². The van der Waals surface area contributed by atoms with Crippen molar-refractivity contribution in [2.24, 2.45) is 0 Å². The lowest BCUT2D eigenvalue weighted by Crippen LogP contribution is -2.71. The van der Waals surface area contributed by atoms with Gasteiger partial charge in [-0.1, -0.05) is 6.42 Å². The third-order valence-electron chi connectivity index (χ3n) is 18.1. The number of fused-ring (bicyclic) bond motifs is 1. The predicted octanol–water partition coefficient (Wildman–Crippen LogP) is -13.9. The van der Waals surface area contributed by atoms with Crippen molar-refractivity contribution in [2.75, 3.05) is 45.4 Å². The smallest absolute Gasteiger partial charge is 0.326 e. The Morgan fingerprint density at radius 3 is 1.41 bits per heavy atom. The second kappa shape index (κ2) is 35.7. The maximum Gasteiger partial charge on any atom is 0.326 e. The van der Waals surface area contributed by atoms with Crippen molar-refractivity contribution in [3.63, 3.8) is 0 Å². The molecule has 8 saturated heterocycles. The fourth-order valence-electron chi connectivity index (χ4n) is 13.0. The van der Waals surface area contributed by atoms with Gasteiger partial charge in [-0.05, 0) is 12.8 Å². The van der Waals surface area contributed by atoms with Crippen molar-refractivity contribution in [1.82, 2.24) is 37.2 Å². The van der Waals surface area contributed by atoms with Crippen LogP contribution in [0.5, 0.6) is 0 Å². The maximum absolute atomic E-state index is 13.5. The summed E-state index contributed by atoms with van der Waals surface area (Å²) in [5.41, 5.74) is 0. The molecule has 0 radical (unpaired) electrons. The number of rotatable bonds is 29. The molecule has 0 aromatic carbocycles. The van der Waals surface area contributed by atoms with E-state index in [-0.39, 0.29) is 29.8 Å². The van der Waals surface area contributed by atoms with E-state index < -0.39 is 272 Å². The summed E-state index contributed by atoms with van der Waals surface area (Å²) in [4.78, 5) is 88.7. The summed E-state index contributed by atoms with van der Waals surface area (Å²) in [6.07, 6.45) is -52.8. The van der Waals surface area contributed by atoms with Crippen LogP contribution in [0.3, 0.4) is 0 Å². The molecule has 42 nitrogen and oxygen atoms in total. The molecule has 7 amide bonds. The Morgan fingerprint density at radius 1 is 0.465 bits per heavy atom. The van der Waals surface area contributed by atoms with Crippen molar-refractivity contribution < 1.29 is 172 Å². The van der Waals surface area contributed by atoms with Crippen LogP contribution in [-0.4, -0.2) is 381 Å². The summed E-state index contributed by atoms with van der Waals surface area (Å²) in [5, 5.41) is 204. The number of aliphatic hydroxyl groups is 16. The molecule has 0 saturated carbocycles. The van der Waals surface area contributed by atoms with E-state index in [1.165, 1.54) is 0 Å². The van der Waals surface area contributed by atoms with Crippen LogP contribution in [0.1, 0.15) is 52.9 Å². The zero-order valence-corrected chi connectivity index (χ0v) is 54.3. The lowest BCUT2D eigenvalue weighted by atomic mass is 9.93. The van der Waals surface area contributed by atoms with Gasteiger partial charge in [0.2, 0.25) is 29.5 Å². The summed E-state index contributed by atoms with van der Waals surface area (Å²) in [6, 6.07) is -7.48. The third kappa shape index (κ3) is 18.8. The molecular formula is C56H91N7O35S. The molecule has 8 heterocycles. The monoisotopic (exact) mass is 1450 g/mol. The average molecular weight is 1450 g/mol. The number of carbonyl (C=O) groups excluding carboxylic acids is 6. The number of amides is 7. The van der Waals surface area contributed by atoms with Gasteiger partial charge >= 0.3 is 12.0 Å². The van der Waals surface area contributed by atoms with Crippen LogP contribution in [0.2, 0.25) is 0 Å². The van der Waals surface area contributed by atoms with Crippen LogP contribution in [-0.2, 0) is 80.9 Å². The van der Waals surface area contributed by atoms with E-state index in [2.05, 4.69) is 37.2 Å². The highest BCUT2D eigenvalue weighted by atomic mass is 32.2. The molecule has 0 bridgehead atoms. The normalized spacial score (nSPS) is 43.3. The Balaban J connectivity index is 0.944. The van der Waals surface area contributed by atoms with Crippen molar-refractivity contribution in [3.8, 4) is 0 Å². The second-order valence-corrected chi connectivity index (χ2v) is 26.4. The molecule has 0 aliphatic carbocycles. The van der Waals surface area contributed by atoms with E-state index in [0.717, 1.165) is 26.5 Å². The third-order valence-corrected chi connectivity index (χ3v) is 19.6. The van der Waals surface area contributed by atoms with E-state index >= 15 is 0 Å². The molecule has 8 aliphatic heterocycles. The highest BCUT2D eigenvalue weighted by molar-refractivity contribution is 8.00. The molecule has 34 atom stereocenters. The lowest BCUT2D eigenvalue weighted by Gasteiger charge is -2.51. The van der Waals surface area contributed by atoms with Crippen molar-refractivity contribution in [1.29, 1.82) is 0 Å². The van der Waals surface area contributed by atoms with E-state index in [0.29, 0.717) is 19.3 Å². The maximum atomic E-state index is 13.5. The molecule has 24 N–H and O–H groups in total. The Hall–Kier alpha value is -4.64. The van der Waals surface area contributed by atoms with Gasteiger partial charge in [-0.3, -0.25) is 24.0 Å². The van der Waals surface area contributed by atoms with Gasteiger partial charge in [0, 0.05) is 38.2 Å². The largest absolute Gasteiger partial charge is 0.480 e. The number of carboxylic acid groups (broad SMARTS) is 1. The molecule has 17 unspecified atom stereocenters. The van der Waals surface area contributed by atoms with E-state index in [1.54, 1.807) is 11.8 Å². The molecule has 43 heteroatoms. The standard InChI is InChI=1S/C56H91N7O35S/c1-16(70)57-31-37(78)44(24(12-67)88-49(31)62-29(74)8-19(50(85)86)60-28(73)7-5-4-6-27-30-20(15-99-27)61-56(87)63-30)94-51-32(58-17(2)71)38(79)46(26(14-69)92-51)96-54-43(84)47(36(77)23(11-66)90-54)97-55-48(41(82)35(76)22(10-65)91-55)98-52-33(59-18(3)72)39(80)45(25(13-68)93-52)95-53-42(83)40(81)34(75)21(9-64)89-53/h19-27,30-49,51-55,64-69,75-84H,4-15H2,1-3H3,(H,57,70)(H,58,71)(H,59,72)(H,60,73)(H,62,74)(H,85,86)(H2,61,63,87)/t19?,20?,21?,22?,23?,24?,25?,26?,27?,30?,31?,32?,33-,34-,35+,36+,37+,38+,39?,40?,41?,42-,43?,44+,45+,46+,47-,48?,49+,51-,52-,53-,54-,55+/m0/s1. The van der Waals surface area contributed by atoms with Crippen LogP contribution >= 0.6 is 11.8 Å². The summed E-state index contributed by atoms with van der Waals surface area (Å²) < 4.78 is 64.7. The first-order valence-electron chi connectivity index (χ1n) is 31.9. The minimum absolute atomic E-state index is 0.00288. The van der Waals surface area contributed by atoms with Crippen molar-refractivity contribution in [2.45, 2.75) is 260 Å². The predicted molar refractivity (Wildman–Crippen MR) is 318 cm³/mol. The van der Waals surface area contributed by atoms with Crippen molar-refractivity contribution in [3.05, 3.63) is 0 Å². The van der Waals surface area contributed by atoms with Crippen LogP contribution in [0.25, 0.3) is 0 Å². The van der Waals surface area contributed by atoms with Gasteiger partial charge in [0.1, 0.15) is 152 Å². The molecule has 8 fully saturated rings. The molecule has 0 spiro atoms. The average Bonchev–Trinajstić information content (AvgIpc) is 1.58. The first kappa shape index (κ1) is 80.1. The van der Waals surface area contributed by atoms with Crippen LogP contribution in [0, 0.1) is 0 Å². The number of carbonyl (C=O) groups is 7. The van der Waals surface area contributed by atoms with E-state index in [4.69, 9.17) is 52.1 Å². The number of ether oxygens (including phenoxy) is 11. The number of aliphatic carboxylic acids is 1. The van der Waals surface area contributed by atoms with Gasteiger partial charge in [-0.15, -0.1) is 0 Å². The highest BCUT2D eigenvalue weighted by Gasteiger charge is 2.59. The molecule has 99 heavy (non-hydrogen) atoms. The lowest BCUT2D eigenvalue weighted by molar-refractivity contribution is -0.395. The fraction of sp³-hybridized carbons (Fsp3) is 0.875. The number of unbranched alkanes of at least 4 members (excludes halogenated alkanes) is 1. The van der Waals surface area contributed by atoms with Gasteiger partial charge in [0.15, 0.2) is 37.7 Å². The number of nitrogens with one attached hydrogen (secondary N) is 7. The number of aliphatic hydroxyl groups excluding tert-OH is 16. The Bertz CT molecular complexity index is 2710. The van der Waals surface area contributed by atoms with Crippen LogP contribution in [0.4, 0.5) is 4.79 Å². The number of hydrogen-bond donors (Lipinski definition) is 24. The van der Waals surface area contributed by atoms with Gasteiger partial charge < -0.3 is 176 Å². The number of hydrogen-bond acceptors (Lipinski definition) is 35. The minimum Gasteiger partial charge on any atom is -0.480 e. The zero-order valence-electron chi connectivity index (χ0n) is 53.5. The molecular weight excluding hydrogens is 1360 g/mol. The Labute approximate surface area is 567 Å². The molecule has 8 aliphatic rings. The number of urea groups is 1. The van der Waals surface area contributed by atoms with Crippen LogP contribution in [0.15, 0.2) is 0 Å². The van der Waals surface area contributed by atoms with E-state index in [9.17, 15) is 120 Å². The molecule has 566 valence electrons. The fourth-order valence-corrected chi connectivity index (χ4v) is 14.5. The summed E-state index contributed by atoms with van der Waals surface area (Å²) in [5.74, 6) is -5.25. The number of thioether (sulfide) groups is 1. The van der Waals surface area contributed by atoms with Gasteiger partial charge in [0.25, 0.3) is 0 Å². The summed E-state index contributed by atoms with van der Waals surface area (Å²) in [7, 11) is 0. The first-order valence-corrected chi connectivity index (χ1v) is 33.0. The van der Waals surface area contributed by atoms with Crippen molar-refractivity contribution >= 4 is 53.3 Å². The first-order chi connectivity index (χ1) is 47.0. The van der Waals surface area contributed by atoms with E-state index in [1.807, 2.05) is 0 Å². The highest BCUT2D eigenvalue weighted by Crippen LogP contribution is 2.38. The Kier molecular flexibility index (Phi) is 28.9. The SMILES string of the molecule is CC(=O)NC1[C@H](O[C@@H]2C(CO)O[C@@H](NC(=O)CC(NC(=O)CCCCC3SCC4NC(=O)NC43)C(=O)O)C(NC(C)=O)[C@H]2O)OC(CO)[C@@H](O[C@@H]2OC(CO)[C@@H](O)[C@H](O[C@H]3OC(CO)[C@@H](O)C(O)C3O[C@@H]3OC(CO)[C@@H](O[C@@H]4OC(CO)[C@H](O)C(O)[C@@H]4O)C(O)[C@@H]3NC(C)=O)C2O)[C@@H]1O. The van der Waals surface area contributed by atoms with Crippen LogP contribution < -0.4 is 37.2 Å². The minimum atomic E-state index is -2.34. The second-order valence-electron chi connectivity index (χ2n) is 25.1. The topological polar surface area (TPSA) is 649 Å². The number of carboxylic acids is 1. The Morgan fingerprint density at radius 2 is 0.899 bits per heavy atom. The molecule has 8 rings (SSSR count). The summed E-state index contributed by atoms with van der Waals surface area (Å²) >= 11 is 1.68. The van der Waals surface area contributed by atoms with Gasteiger partial charge in [-0.25, -0.2) is 9.59 Å². The zero-order chi connectivity index (χ0) is 72.6. The summed E-state index contributed by atoms with van der Waals surface area (Å²) in [6.45, 7) is -3.30. The quantitative estimate of drug-likeness (QED) is 0.0244. The molecule has 0 aromatic rings. The molecule has 0 aromatic heterocycles. The van der Waals surface area contributed by atoms with Gasteiger partial charge in [0.05, 0.1) is 58.1 Å².